The van der Waals surface area contributed by atoms with E-state index in [2.05, 4.69) is 31.7 Å². The summed E-state index contributed by atoms with van der Waals surface area (Å²) in [7, 11) is 0. The fourth-order valence-electron chi connectivity index (χ4n) is 2.17. The summed E-state index contributed by atoms with van der Waals surface area (Å²) in [6, 6.07) is 16.0. The van der Waals surface area contributed by atoms with Gasteiger partial charge in [0.15, 0.2) is 0 Å². The fourth-order valence-corrected chi connectivity index (χ4v) is 2.17. The molecule has 0 radical (unpaired) electrons. The highest BCUT2D eigenvalue weighted by Gasteiger charge is 2.15. The lowest BCUT2D eigenvalue weighted by atomic mass is 9.91. The van der Waals surface area contributed by atoms with Crippen molar-refractivity contribution in [2.45, 2.75) is 19.8 Å². The Morgan fingerprint density at radius 1 is 1.20 bits per heavy atom. The quantitative estimate of drug-likeness (QED) is 0.470. The van der Waals surface area contributed by atoms with Gasteiger partial charge in [0.1, 0.15) is 5.75 Å². The van der Waals surface area contributed by atoms with Crippen molar-refractivity contribution in [3.63, 3.8) is 0 Å². The summed E-state index contributed by atoms with van der Waals surface area (Å²) in [5, 5.41) is 0. The van der Waals surface area contributed by atoms with Crippen LogP contribution in [0.3, 0.4) is 0 Å². The van der Waals surface area contributed by atoms with Gasteiger partial charge in [-0.3, -0.25) is 0 Å². The number of rotatable bonds is 4. The minimum Gasteiger partial charge on any atom is -0.423 e. The Balaban J connectivity index is 2.41. The van der Waals surface area contributed by atoms with Crippen molar-refractivity contribution in [3.05, 3.63) is 77.9 Å². The zero-order valence-electron chi connectivity index (χ0n) is 11.8. The molecular weight excluding hydrogens is 248 g/mol. The van der Waals surface area contributed by atoms with Crippen molar-refractivity contribution in [1.82, 2.24) is 0 Å². The molecule has 0 saturated heterocycles. The number of benzene rings is 2. The summed E-state index contributed by atoms with van der Waals surface area (Å²) >= 11 is 0. The number of hydrogen-bond acceptors (Lipinski definition) is 2. The van der Waals surface area contributed by atoms with E-state index in [9.17, 15) is 4.79 Å². The maximum atomic E-state index is 11.4. The third-order valence-electron chi connectivity index (χ3n) is 3.31. The van der Waals surface area contributed by atoms with Crippen LogP contribution in [0.4, 0.5) is 0 Å². The number of esters is 1. The largest absolute Gasteiger partial charge is 0.423 e. The third-order valence-corrected chi connectivity index (χ3v) is 3.31. The first kappa shape index (κ1) is 14.1. The van der Waals surface area contributed by atoms with E-state index in [1.54, 1.807) is 0 Å². The monoisotopic (exact) mass is 266 g/mol. The molecule has 0 aliphatic carbocycles. The highest BCUT2D eigenvalue weighted by atomic mass is 16.5. The van der Waals surface area contributed by atoms with Gasteiger partial charge in [0, 0.05) is 17.6 Å². The average molecular weight is 266 g/mol. The lowest BCUT2D eigenvalue weighted by Gasteiger charge is -2.17. The third kappa shape index (κ3) is 3.15. The molecular formula is C18H18O2. The van der Waals surface area contributed by atoms with Crippen LogP contribution < -0.4 is 4.74 Å². The van der Waals surface area contributed by atoms with Crippen LogP contribution in [-0.4, -0.2) is 5.97 Å². The molecule has 102 valence electrons. The van der Waals surface area contributed by atoms with Gasteiger partial charge in [0.2, 0.25) is 0 Å². The molecule has 0 heterocycles. The predicted octanol–water partition coefficient (Wildman–Crippen LogP) is 4.24. The first-order valence-electron chi connectivity index (χ1n) is 6.61. The highest BCUT2D eigenvalue weighted by molar-refractivity contribution is 5.83. The molecule has 0 aliphatic heterocycles. The van der Waals surface area contributed by atoms with E-state index in [0.29, 0.717) is 5.75 Å². The molecule has 2 heteroatoms. The molecule has 1 unspecified atom stereocenters. The Labute approximate surface area is 119 Å². The summed E-state index contributed by atoms with van der Waals surface area (Å²) < 4.78 is 5.34. The molecule has 1 atom stereocenters. The van der Waals surface area contributed by atoms with Gasteiger partial charge in [-0.1, -0.05) is 61.5 Å². The molecule has 0 amide bonds. The van der Waals surface area contributed by atoms with Crippen molar-refractivity contribution in [2.24, 2.45) is 0 Å². The van der Waals surface area contributed by atoms with E-state index in [1.807, 2.05) is 37.3 Å². The summed E-state index contributed by atoms with van der Waals surface area (Å²) in [5.41, 5.74) is 3.33. The standard InChI is InChI=1S/C18H18O2/c1-4-18(19)20-17-11-10-13(2)12-16(17)14(3)15-8-6-5-7-9-15/h4-12,14H,1H2,2-3H3. The van der Waals surface area contributed by atoms with Crippen molar-refractivity contribution in [3.8, 4) is 5.75 Å². The molecule has 2 nitrogen and oxygen atoms in total. The first-order valence-corrected chi connectivity index (χ1v) is 6.61. The summed E-state index contributed by atoms with van der Waals surface area (Å²) in [5.74, 6) is 0.316. The topological polar surface area (TPSA) is 26.3 Å². The molecule has 2 rings (SSSR count). The Kier molecular flexibility index (Phi) is 4.36. The molecule has 20 heavy (non-hydrogen) atoms. The minimum atomic E-state index is -0.435. The molecule has 0 N–H and O–H groups in total. The first-order chi connectivity index (χ1) is 9.61. The number of aryl methyl sites for hydroxylation is 1. The van der Waals surface area contributed by atoms with Crippen LogP contribution >= 0.6 is 0 Å². The smallest absolute Gasteiger partial charge is 0.335 e. The molecule has 2 aromatic rings. The summed E-state index contributed by atoms with van der Waals surface area (Å²) in [4.78, 5) is 11.4. The molecule has 0 bridgehead atoms. The van der Waals surface area contributed by atoms with Gasteiger partial charge in [0.25, 0.3) is 0 Å². The zero-order valence-corrected chi connectivity index (χ0v) is 11.8. The molecule has 0 aromatic heterocycles. The van der Waals surface area contributed by atoms with E-state index < -0.39 is 5.97 Å². The molecule has 0 saturated carbocycles. The maximum Gasteiger partial charge on any atom is 0.335 e. The minimum absolute atomic E-state index is 0.156. The van der Waals surface area contributed by atoms with Crippen LogP contribution in [0.5, 0.6) is 5.75 Å². The van der Waals surface area contributed by atoms with Gasteiger partial charge < -0.3 is 4.74 Å². The van der Waals surface area contributed by atoms with Gasteiger partial charge in [-0.15, -0.1) is 0 Å². The predicted molar refractivity (Wildman–Crippen MR) is 81.0 cm³/mol. The molecule has 0 aliphatic rings. The lowest BCUT2D eigenvalue weighted by Crippen LogP contribution is -2.07. The zero-order chi connectivity index (χ0) is 14.5. The number of hydrogen-bond donors (Lipinski definition) is 0. The van der Waals surface area contributed by atoms with E-state index in [4.69, 9.17) is 4.74 Å². The number of ether oxygens (including phenoxy) is 1. The number of carbonyl (C=O) groups excluding carboxylic acids is 1. The Morgan fingerprint density at radius 3 is 2.55 bits per heavy atom. The Hall–Kier alpha value is -2.35. The molecule has 0 fully saturated rings. The van der Waals surface area contributed by atoms with Crippen LogP contribution in [0, 0.1) is 6.92 Å². The van der Waals surface area contributed by atoms with E-state index in [0.717, 1.165) is 11.1 Å². The van der Waals surface area contributed by atoms with Crippen LogP contribution in [0.1, 0.15) is 29.5 Å². The molecule has 0 spiro atoms. The lowest BCUT2D eigenvalue weighted by molar-refractivity contribution is -0.129. The van der Waals surface area contributed by atoms with E-state index in [-0.39, 0.29) is 5.92 Å². The van der Waals surface area contributed by atoms with E-state index in [1.165, 1.54) is 11.6 Å². The second kappa shape index (κ2) is 6.20. The second-order valence-corrected chi connectivity index (χ2v) is 4.80. The van der Waals surface area contributed by atoms with Crippen molar-refractivity contribution < 1.29 is 9.53 Å². The maximum absolute atomic E-state index is 11.4. The Morgan fingerprint density at radius 2 is 1.90 bits per heavy atom. The van der Waals surface area contributed by atoms with Gasteiger partial charge in [-0.05, 0) is 18.6 Å². The fraction of sp³-hybridized carbons (Fsp3) is 0.167. The summed E-state index contributed by atoms with van der Waals surface area (Å²) in [6.07, 6.45) is 1.18. The van der Waals surface area contributed by atoms with Crippen molar-refractivity contribution in [2.75, 3.05) is 0 Å². The van der Waals surface area contributed by atoms with Crippen LogP contribution in [-0.2, 0) is 4.79 Å². The average Bonchev–Trinajstić information content (AvgIpc) is 2.49. The SMILES string of the molecule is C=CC(=O)Oc1ccc(C)cc1C(C)c1ccccc1. The van der Waals surface area contributed by atoms with Crippen molar-refractivity contribution >= 4 is 5.97 Å². The van der Waals surface area contributed by atoms with Crippen LogP contribution in [0.2, 0.25) is 0 Å². The highest BCUT2D eigenvalue weighted by Crippen LogP contribution is 2.32. The van der Waals surface area contributed by atoms with Gasteiger partial charge in [-0.25, -0.2) is 4.79 Å². The van der Waals surface area contributed by atoms with Crippen LogP contribution in [0.25, 0.3) is 0 Å². The van der Waals surface area contributed by atoms with Gasteiger partial charge in [-0.2, -0.15) is 0 Å². The number of carbonyl (C=O) groups is 1. The van der Waals surface area contributed by atoms with Gasteiger partial charge >= 0.3 is 5.97 Å². The van der Waals surface area contributed by atoms with Crippen molar-refractivity contribution in [1.29, 1.82) is 0 Å². The van der Waals surface area contributed by atoms with Gasteiger partial charge in [0.05, 0.1) is 0 Å². The molecule has 2 aromatic carbocycles. The second-order valence-electron chi connectivity index (χ2n) is 4.80. The summed E-state index contributed by atoms with van der Waals surface area (Å²) in [6.45, 7) is 7.57. The Bertz CT molecular complexity index is 615. The van der Waals surface area contributed by atoms with Crippen LogP contribution in [0.15, 0.2) is 61.2 Å². The van der Waals surface area contributed by atoms with E-state index >= 15 is 0 Å². The normalized spacial score (nSPS) is 11.7.